The number of hydrogen-bond donors (Lipinski definition) is 3. The molecule has 0 bridgehead atoms. The number of nitrogen functional groups attached to an aromatic ring is 1. The lowest BCUT2D eigenvalue weighted by Gasteiger charge is -2.18. The van der Waals surface area contributed by atoms with E-state index in [-0.39, 0.29) is 12.0 Å². The summed E-state index contributed by atoms with van der Waals surface area (Å²) < 4.78 is 1.92. The van der Waals surface area contributed by atoms with E-state index < -0.39 is 12.2 Å². The van der Waals surface area contributed by atoms with E-state index in [0.717, 1.165) is 23.4 Å². The molecule has 0 aromatic carbocycles. The number of aliphatic hydroxyl groups is 2. The van der Waals surface area contributed by atoms with Crippen molar-refractivity contribution in [1.82, 2.24) is 14.5 Å². The van der Waals surface area contributed by atoms with Crippen LogP contribution in [0.4, 0.5) is 5.82 Å². The molecule has 1 aliphatic carbocycles. The standard InChI is InChI=1S/C16H24N4O2S/c1-9(2)6-23-7-10-5-12(15(22)14(10)21)20-8-19-13-11(20)3-4-18-16(13)17/h3-4,8-10,12,14-15,21-22H,5-7H2,1-2H3,(H2,17,18)/t10-,12-,14-,15+/m0/s1. The molecule has 3 rings (SSSR count). The van der Waals surface area contributed by atoms with Gasteiger partial charge in [0.05, 0.1) is 24.0 Å². The third kappa shape index (κ3) is 3.18. The average molecular weight is 336 g/mol. The Labute approximate surface area is 140 Å². The van der Waals surface area contributed by atoms with Crippen LogP contribution in [0, 0.1) is 11.8 Å². The molecule has 7 heteroatoms. The lowest BCUT2D eigenvalue weighted by atomic mass is 10.1. The first-order chi connectivity index (χ1) is 11.0. The van der Waals surface area contributed by atoms with E-state index in [1.165, 1.54) is 0 Å². The van der Waals surface area contributed by atoms with E-state index in [4.69, 9.17) is 5.73 Å². The Hall–Kier alpha value is -1.31. The number of thioether (sulfide) groups is 1. The lowest BCUT2D eigenvalue weighted by molar-refractivity contribution is 0.0104. The van der Waals surface area contributed by atoms with Crippen molar-refractivity contribution >= 4 is 28.6 Å². The van der Waals surface area contributed by atoms with Crippen LogP contribution in [0.25, 0.3) is 11.0 Å². The van der Waals surface area contributed by atoms with Crippen molar-refractivity contribution in [3.63, 3.8) is 0 Å². The van der Waals surface area contributed by atoms with Crippen LogP contribution in [0.3, 0.4) is 0 Å². The van der Waals surface area contributed by atoms with Gasteiger partial charge in [0.25, 0.3) is 0 Å². The van der Waals surface area contributed by atoms with Gasteiger partial charge in [-0.05, 0) is 35.8 Å². The van der Waals surface area contributed by atoms with Gasteiger partial charge in [-0.25, -0.2) is 9.97 Å². The maximum atomic E-state index is 10.5. The van der Waals surface area contributed by atoms with E-state index in [9.17, 15) is 10.2 Å². The monoisotopic (exact) mass is 336 g/mol. The summed E-state index contributed by atoms with van der Waals surface area (Å²) in [7, 11) is 0. The van der Waals surface area contributed by atoms with Gasteiger partial charge in [0.2, 0.25) is 0 Å². The number of aliphatic hydroxyl groups excluding tert-OH is 2. The molecule has 0 amide bonds. The summed E-state index contributed by atoms with van der Waals surface area (Å²) >= 11 is 1.84. The van der Waals surface area contributed by atoms with Crippen molar-refractivity contribution < 1.29 is 10.2 Å². The van der Waals surface area contributed by atoms with E-state index >= 15 is 0 Å². The normalized spacial score (nSPS) is 28.0. The van der Waals surface area contributed by atoms with E-state index in [1.807, 2.05) is 22.4 Å². The summed E-state index contributed by atoms with van der Waals surface area (Å²) in [5.41, 5.74) is 7.35. The molecule has 1 fully saturated rings. The van der Waals surface area contributed by atoms with E-state index in [1.54, 1.807) is 12.5 Å². The number of pyridine rings is 1. The molecule has 0 unspecified atom stereocenters. The molecular weight excluding hydrogens is 312 g/mol. The summed E-state index contributed by atoms with van der Waals surface area (Å²) in [5, 5.41) is 20.9. The third-order valence-electron chi connectivity index (χ3n) is 4.43. The molecule has 2 aromatic rings. The molecule has 0 aliphatic heterocycles. The number of rotatable bonds is 5. The fraction of sp³-hybridized carbons (Fsp3) is 0.625. The highest BCUT2D eigenvalue weighted by Crippen LogP contribution is 2.39. The second-order valence-electron chi connectivity index (χ2n) is 6.69. The van der Waals surface area contributed by atoms with Gasteiger partial charge < -0.3 is 20.5 Å². The number of aromatic nitrogens is 3. The predicted molar refractivity (Wildman–Crippen MR) is 93.3 cm³/mol. The van der Waals surface area contributed by atoms with Gasteiger partial charge in [0, 0.05) is 6.20 Å². The van der Waals surface area contributed by atoms with Crippen LogP contribution in [0.5, 0.6) is 0 Å². The Morgan fingerprint density at radius 1 is 1.35 bits per heavy atom. The van der Waals surface area contributed by atoms with Crippen LogP contribution in [0.2, 0.25) is 0 Å². The Bertz CT molecular complexity index is 675. The second-order valence-corrected chi connectivity index (χ2v) is 7.77. The molecule has 0 saturated heterocycles. The summed E-state index contributed by atoms with van der Waals surface area (Å²) in [6.07, 6.45) is 2.58. The first kappa shape index (κ1) is 16.5. The van der Waals surface area contributed by atoms with Gasteiger partial charge in [0.1, 0.15) is 11.6 Å². The number of hydrogen-bond acceptors (Lipinski definition) is 6. The highest BCUT2D eigenvalue weighted by Gasteiger charge is 2.42. The Kier molecular flexibility index (Phi) is 4.79. The zero-order valence-electron chi connectivity index (χ0n) is 13.5. The Balaban J connectivity index is 1.78. The van der Waals surface area contributed by atoms with Gasteiger partial charge in [0.15, 0.2) is 5.82 Å². The SMILES string of the molecule is CC(C)CSC[C@@H]1C[C@H](n2cnc3c(N)nccc32)[C@@H](O)[C@H]1O. The maximum absolute atomic E-state index is 10.5. The van der Waals surface area contributed by atoms with Crippen LogP contribution in [0.1, 0.15) is 26.3 Å². The van der Waals surface area contributed by atoms with Crippen molar-refractivity contribution in [2.45, 2.75) is 38.5 Å². The van der Waals surface area contributed by atoms with E-state index in [0.29, 0.717) is 17.3 Å². The topological polar surface area (TPSA) is 97.2 Å². The third-order valence-corrected chi connectivity index (χ3v) is 6.00. The molecule has 23 heavy (non-hydrogen) atoms. The summed E-state index contributed by atoms with van der Waals surface area (Å²) in [6.45, 7) is 4.37. The van der Waals surface area contributed by atoms with Crippen LogP contribution in [-0.4, -0.2) is 48.5 Å². The van der Waals surface area contributed by atoms with Crippen molar-refractivity contribution in [2.75, 3.05) is 17.2 Å². The smallest absolute Gasteiger partial charge is 0.151 e. The van der Waals surface area contributed by atoms with Crippen LogP contribution in [0.15, 0.2) is 18.6 Å². The molecule has 6 nitrogen and oxygen atoms in total. The predicted octanol–water partition coefficient (Wildman–Crippen LogP) is 1.69. The highest BCUT2D eigenvalue weighted by molar-refractivity contribution is 7.99. The second kappa shape index (κ2) is 6.67. The Morgan fingerprint density at radius 3 is 2.87 bits per heavy atom. The molecule has 1 saturated carbocycles. The van der Waals surface area contributed by atoms with Gasteiger partial charge in [-0.3, -0.25) is 0 Å². The quantitative estimate of drug-likeness (QED) is 0.769. The fourth-order valence-electron chi connectivity index (χ4n) is 3.24. The molecule has 0 radical (unpaired) electrons. The minimum absolute atomic E-state index is 0.0929. The summed E-state index contributed by atoms with van der Waals surface area (Å²) in [6, 6.07) is 1.67. The highest BCUT2D eigenvalue weighted by atomic mass is 32.2. The van der Waals surface area contributed by atoms with Crippen molar-refractivity contribution in [3.05, 3.63) is 18.6 Å². The number of imidazole rings is 1. The van der Waals surface area contributed by atoms with E-state index in [2.05, 4.69) is 23.8 Å². The van der Waals surface area contributed by atoms with Crippen LogP contribution in [-0.2, 0) is 0 Å². The number of nitrogens with two attached hydrogens (primary N) is 1. The maximum Gasteiger partial charge on any atom is 0.151 e. The largest absolute Gasteiger partial charge is 0.390 e. The Morgan fingerprint density at radius 2 is 2.13 bits per heavy atom. The molecule has 4 atom stereocenters. The van der Waals surface area contributed by atoms with Gasteiger partial charge in [-0.1, -0.05) is 13.8 Å². The average Bonchev–Trinajstić information content (AvgIpc) is 3.04. The summed E-state index contributed by atoms with van der Waals surface area (Å²) in [5.74, 6) is 3.05. The van der Waals surface area contributed by atoms with Gasteiger partial charge in [-0.2, -0.15) is 11.8 Å². The molecule has 4 N–H and O–H groups in total. The van der Waals surface area contributed by atoms with Crippen molar-refractivity contribution in [2.24, 2.45) is 11.8 Å². The number of anilines is 1. The molecule has 2 heterocycles. The van der Waals surface area contributed by atoms with Gasteiger partial charge >= 0.3 is 0 Å². The summed E-state index contributed by atoms with van der Waals surface area (Å²) in [4.78, 5) is 8.35. The number of nitrogens with zero attached hydrogens (tertiary/aromatic N) is 3. The molecule has 2 aromatic heterocycles. The molecule has 0 spiro atoms. The van der Waals surface area contributed by atoms with Crippen LogP contribution < -0.4 is 5.73 Å². The molecule has 1 aliphatic rings. The lowest BCUT2D eigenvalue weighted by Crippen LogP contribution is -2.30. The van der Waals surface area contributed by atoms with Crippen LogP contribution >= 0.6 is 11.8 Å². The molecular formula is C16H24N4O2S. The fourth-order valence-corrected chi connectivity index (χ4v) is 4.49. The number of fused-ring (bicyclic) bond motifs is 1. The first-order valence-electron chi connectivity index (χ1n) is 8.00. The van der Waals surface area contributed by atoms with Gasteiger partial charge in [-0.15, -0.1) is 0 Å². The molecule has 126 valence electrons. The minimum Gasteiger partial charge on any atom is -0.390 e. The van der Waals surface area contributed by atoms with Crippen molar-refractivity contribution in [3.8, 4) is 0 Å². The zero-order valence-corrected chi connectivity index (χ0v) is 14.3. The van der Waals surface area contributed by atoms with Crippen molar-refractivity contribution in [1.29, 1.82) is 0 Å². The first-order valence-corrected chi connectivity index (χ1v) is 9.15. The minimum atomic E-state index is -0.786. The zero-order chi connectivity index (χ0) is 16.6.